The lowest BCUT2D eigenvalue weighted by molar-refractivity contribution is -0.132. The number of hydrogen-bond donors (Lipinski definition) is 1. The number of nitrogens with zero attached hydrogens (tertiary/aromatic N) is 2. The molecule has 2 aliphatic rings. The van der Waals surface area contributed by atoms with E-state index in [2.05, 4.69) is 4.98 Å². The number of benzene rings is 2. The van der Waals surface area contributed by atoms with Crippen LogP contribution in [0.5, 0.6) is 5.75 Å². The Balaban J connectivity index is 1.68. The lowest BCUT2D eigenvalue weighted by atomic mass is 9.94. The molecule has 0 aliphatic carbocycles. The van der Waals surface area contributed by atoms with Gasteiger partial charge in [-0.3, -0.25) is 14.5 Å². The number of carbonyl (C=O) groups is 3. The highest BCUT2D eigenvalue weighted by Crippen LogP contribution is 2.44. The molecule has 36 heavy (non-hydrogen) atoms. The second-order valence-electron chi connectivity index (χ2n) is 8.94. The highest BCUT2D eigenvalue weighted by molar-refractivity contribution is 7.17. The lowest BCUT2D eigenvalue weighted by Gasteiger charge is -2.23. The number of carbonyl (C=O) groups excluding carboxylic acids is 3. The van der Waals surface area contributed by atoms with E-state index in [4.69, 9.17) is 9.47 Å². The number of aliphatic hydroxyl groups is 1. The Morgan fingerprint density at radius 3 is 2.58 bits per heavy atom. The van der Waals surface area contributed by atoms with Gasteiger partial charge >= 0.3 is 11.9 Å². The van der Waals surface area contributed by atoms with Crippen LogP contribution in [0.3, 0.4) is 0 Å². The summed E-state index contributed by atoms with van der Waals surface area (Å²) in [4.78, 5) is 44.8. The summed E-state index contributed by atoms with van der Waals surface area (Å²) in [5, 5.41) is 11.6. The van der Waals surface area contributed by atoms with Gasteiger partial charge in [-0.05, 0) is 50.1 Å². The highest BCUT2D eigenvalue weighted by atomic mass is 32.1. The van der Waals surface area contributed by atoms with E-state index in [-0.39, 0.29) is 27.4 Å². The number of methoxy groups -OCH3 is 1. The van der Waals surface area contributed by atoms with E-state index in [0.29, 0.717) is 23.2 Å². The number of anilines is 1. The summed E-state index contributed by atoms with van der Waals surface area (Å²) in [5.41, 5.74) is 3.33. The molecule has 2 unspecified atom stereocenters. The largest absolute Gasteiger partial charge is 0.507 e. The predicted molar refractivity (Wildman–Crippen MR) is 134 cm³/mol. The van der Waals surface area contributed by atoms with Gasteiger partial charge in [0.1, 0.15) is 22.5 Å². The molecule has 3 heterocycles. The first-order valence-corrected chi connectivity index (χ1v) is 12.2. The van der Waals surface area contributed by atoms with Gasteiger partial charge < -0.3 is 14.6 Å². The van der Waals surface area contributed by atoms with Crippen molar-refractivity contribution in [3.63, 3.8) is 0 Å². The summed E-state index contributed by atoms with van der Waals surface area (Å²) in [6.07, 6.45) is 0.702. The van der Waals surface area contributed by atoms with Gasteiger partial charge in [0.25, 0.3) is 5.78 Å². The van der Waals surface area contributed by atoms with Gasteiger partial charge in [-0.25, -0.2) is 9.78 Å². The van der Waals surface area contributed by atoms with Crippen molar-refractivity contribution in [2.45, 2.75) is 39.3 Å². The average molecular weight is 505 g/mol. The fourth-order valence-electron chi connectivity index (χ4n) is 4.59. The number of ether oxygens (including phenoxy) is 2. The molecule has 2 aliphatic heterocycles. The van der Waals surface area contributed by atoms with Crippen LogP contribution in [0.1, 0.15) is 50.6 Å². The normalized spacial score (nSPS) is 20.4. The molecule has 5 rings (SSSR count). The van der Waals surface area contributed by atoms with Crippen molar-refractivity contribution in [2.75, 3.05) is 12.0 Å². The molecule has 0 saturated carbocycles. The van der Waals surface area contributed by atoms with Crippen molar-refractivity contribution in [3.8, 4) is 5.75 Å². The monoisotopic (exact) mass is 504 g/mol. The van der Waals surface area contributed by atoms with E-state index in [1.807, 2.05) is 38.1 Å². The van der Waals surface area contributed by atoms with E-state index in [1.165, 1.54) is 12.0 Å². The van der Waals surface area contributed by atoms with Gasteiger partial charge in [0.15, 0.2) is 5.13 Å². The fraction of sp³-hybridized carbons (Fsp3) is 0.259. The minimum Gasteiger partial charge on any atom is -0.507 e. The van der Waals surface area contributed by atoms with Crippen molar-refractivity contribution < 1.29 is 29.0 Å². The zero-order valence-electron chi connectivity index (χ0n) is 20.2. The van der Waals surface area contributed by atoms with E-state index in [1.54, 1.807) is 25.1 Å². The number of amides is 1. The number of esters is 1. The number of aromatic nitrogens is 1. The van der Waals surface area contributed by atoms with Crippen LogP contribution in [0.15, 0.2) is 48.0 Å². The van der Waals surface area contributed by atoms with Crippen molar-refractivity contribution >= 4 is 39.9 Å². The molecular formula is C27H24N2O6S. The predicted octanol–water partition coefficient (Wildman–Crippen LogP) is 4.50. The van der Waals surface area contributed by atoms with Gasteiger partial charge in [-0.15, -0.1) is 0 Å². The molecule has 2 aromatic carbocycles. The van der Waals surface area contributed by atoms with E-state index in [9.17, 15) is 19.5 Å². The van der Waals surface area contributed by atoms with Crippen molar-refractivity contribution in [1.29, 1.82) is 0 Å². The standard InChI is InChI=1S/C27H24N2O6S/c1-13-5-7-16(8-6-13)21-20(22(30)17-9-10-19-18(12-17)11-14(2)35-19)23(31)25(32)29(21)27-28-15(3)24(36-27)26(33)34-4/h5-10,12,14,21,30H,11H2,1-4H3. The van der Waals surface area contributed by atoms with Crippen LogP contribution in [0.4, 0.5) is 5.13 Å². The maximum Gasteiger partial charge on any atom is 0.350 e. The molecule has 0 bridgehead atoms. The number of aliphatic hydroxyl groups excluding tert-OH is 1. The van der Waals surface area contributed by atoms with Gasteiger partial charge in [0, 0.05) is 12.0 Å². The molecular weight excluding hydrogens is 480 g/mol. The van der Waals surface area contributed by atoms with Crippen molar-refractivity contribution in [2.24, 2.45) is 0 Å². The summed E-state index contributed by atoms with van der Waals surface area (Å²) in [6, 6.07) is 11.7. The van der Waals surface area contributed by atoms with Crippen LogP contribution in [-0.2, 0) is 20.7 Å². The minimum atomic E-state index is -0.926. The van der Waals surface area contributed by atoms with Crippen LogP contribution in [0, 0.1) is 13.8 Å². The zero-order valence-corrected chi connectivity index (χ0v) is 21.0. The summed E-state index contributed by atoms with van der Waals surface area (Å²) in [6.45, 7) is 5.53. The highest BCUT2D eigenvalue weighted by Gasteiger charge is 2.48. The maximum absolute atomic E-state index is 13.4. The SMILES string of the molecule is COC(=O)c1sc(N2C(=O)C(=O)C(=C(O)c3ccc4c(c3)CC(C)O4)C2c2ccc(C)cc2)nc1C. The first-order chi connectivity index (χ1) is 17.2. The molecule has 1 N–H and O–H groups in total. The molecule has 0 radical (unpaired) electrons. The van der Waals surface area contributed by atoms with Gasteiger partial charge in [-0.1, -0.05) is 41.2 Å². The molecule has 1 aromatic heterocycles. The first-order valence-electron chi connectivity index (χ1n) is 11.4. The number of ketones is 1. The van der Waals surface area contributed by atoms with Crippen LogP contribution >= 0.6 is 11.3 Å². The Hall–Kier alpha value is -3.98. The Kier molecular flexibility index (Phi) is 5.88. The zero-order chi connectivity index (χ0) is 25.7. The molecule has 184 valence electrons. The molecule has 1 saturated heterocycles. The van der Waals surface area contributed by atoms with Gasteiger partial charge in [0.2, 0.25) is 0 Å². The number of fused-ring (bicyclic) bond motifs is 1. The molecule has 0 spiro atoms. The van der Waals surface area contributed by atoms with Crippen LogP contribution < -0.4 is 9.64 Å². The second-order valence-corrected chi connectivity index (χ2v) is 9.91. The van der Waals surface area contributed by atoms with E-state index < -0.39 is 23.7 Å². The summed E-state index contributed by atoms with van der Waals surface area (Å²) in [5.74, 6) is -1.76. The summed E-state index contributed by atoms with van der Waals surface area (Å²) >= 11 is 0.969. The maximum atomic E-state index is 13.4. The van der Waals surface area contributed by atoms with Crippen molar-refractivity contribution in [3.05, 3.63) is 80.9 Å². The second kappa shape index (κ2) is 8.91. The smallest absolute Gasteiger partial charge is 0.350 e. The van der Waals surface area contributed by atoms with Crippen LogP contribution in [0.2, 0.25) is 0 Å². The molecule has 2 atom stereocenters. The summed E-state index contributed by atoms with van der Waals surface area (Å²) in [7, 11) is 1.27. The van der Waals surface area contributed by atoms with Gasteiger partial charge in [0.05, 0.1) is 24.4 Å². The Morgan fingerprint density at radius 2 is 1.89 bits per heavy atom. The molecule has 3 aromatic rings. The Bertz CT molecular complexity index is 1440. The van der Waals surface area contributed by atoms with Gasteiger partial charge in [-0.2, -0.15) is 0 Å². The quantitative estimate of drug-likeness (QED) is 0.241. The minimum absolute atomic E-state index is 0.0210. The molecule has 8 nitrogen and oxygen atoms in total. The molecule has 1 fully saturated rings. The van der Waals surface area contributed by atoms with E-state index >= 15 is 0 Å². The van der Waals surface area contributed by atoms with Crippen LogP contribution in [-0.4, -0.2) is 41.0 Å². The topological polar surface area (TPSA) is 106 Å². The third-order valence-electron chi connectivity index (χ3n) is 6.37. The Morgan fingerprint density at radius 1 is 1.17 bits per heavy atom. The third-order valence-corrected chi connectivity index (χ3v) is 7.51. The summed E-state index contributed by atoms with van der Waals surface area (Å²) < 4.78 is 10.6. The number of aryl methyl sites for hydroxylation is 2. The number of rotatable bonds is 4. The Labute approximate surface area is 211 Å². The number of Topliss-reactive ketones (excluding diaryl/α,β-unsaturated/α-hetero) is 1. The molecule has 1 amide bonds. The van der Waals surface area contributed by atoms with Crippen molar-refractivity contribution in [1.82, 2.24) is 4.98 Å². The lowest BCUT2D eigenvalue weighted by Crippen LogP contribution is -2.29. The van der Waals surface area contributed by atoms with E-state index in [0.717, 1.165) is 28.2 Å². The third kappa shape index (κ3) is 3.85. The average Bonchev–Trinajstić information content (AvgIpc) is 3.50. The molecule has 9 heteroatoms. The first kappa shape index (κ1) is 23.7. The fourth-order valence-corrected chi connectivity index (χ4v) is 5.60. The van der Waals surface area contributed by atoms with Crippen LogP contribution in [0.25, 0.3) is 5.76 Å². The number of hydrogen-bond acceptors (Lipinski definition) is 8. The number of thiazole rings is 1.